The van der Waals surface area contributed by atoms with Crippen LogP contribution in [0.4, 0.5) is 5.69 Å². The lowest BCUT2D eigenvalue weighted by atomic mass is 9.97. The van der Waals surface area contributed by atoms with E-state index >= 15 is 0 Å². The predicted molar refractivity (Wildman–Crippen MR) is 78.0 cm³/mol. The molecule has 1 aromatic rings. The zero-order valence-corrected chi connectivity index (χ0v) is 12.7. The quantitative estimate of drug-likeness (QED) is 0.595. The first-order chi connectivity index (χ1) is 8.91. The van der Waals surface area contributed by atoms with E-state index in [-0.39, 0.29) is 5.69 Å². The lowest BCUT2D eigenvalue weighted by molar-refractivity contribution is -0.384. The minimum absolute atomic E-state index is 0.0641. The molecule has 19 heavy (non-hydrogen) atoms. The van der Waals surface area contributed by atoms with E-state index in [9.17, 15) is 15.2 Å². The number of nitro groups is 1. The third-order valence-electron chi connectivity index (χ3n) is 3.33. The summed E-state index contributed by atoms with van der Waals surface area (Å²) in [4.78, 5) is 10.2. The van der Waals surface area contributed by atoms with Crippen LogP contribution in [0.15, 0.2) is 22.7 Å². The van der Waals surface area contributed by atoms with Crippen molar-refractivity contribution in [1.29, 1.82) is 0 Å². The molecule has 0 aromatic heterocycles. The summed E-state index contributed by atoms with van der Waals surface area (Å²) < 4.78 is 0.700. The van der Waals surface area contributed by atoms with Gasteiger partial charge in [-0.05, 0) is 24.5 Å². The van der Waals surface area contributed by atoms with Crippen molar-refractivity contribution in [2.75, 3.05) is 6.54 Å². The Hall–Kier alpha value is -0.980. The Morgan fingerprint density at radius 1 is 1.42 bits per heavy atom. The molecule has 0 heterocycles. The van der Waals surface area contributed by atoms with Gasteiger partial charge in [-0.25, -0.2) is 0 Å². The van der Waals surface area contributed by atoms with E-state index in [0.29, 0.717) is 30.4 Å². The Morgan fingerprint density at radius 2 is 2.05 bits per heavy atom. The van der Waals surface area contributed by atoms with Crippen LogP contribution in [0, 0.1) is 10.1 Å². The number of rotatable bonds is 7. The molecule has 0 saturated carbocycles. The van der Waals surface area contributed by atoms with Crippen LogP contribution in [-0.2, 0) is 6.54 Å². The Labute approximate surface area is 121 Å². The first-order valence-electron chi connectivity index (χ1n) is 6.27. The van der Waals surface area contributed by atoms with E-state index < -0.39 is 10.5 Å². The van der Waals surface area contributed by atoms with Crippen LogP contribution in [0.1, 0.15) is 32.3 Å². The molecule has 2 N–H and O–H groups in total. The van der Waals surface area contributed by atoms with Gasteiger partial charge >= 0.3 is 0 Å². The minimum atomic E-state index is -0.687. The molecule has 0 atom stereocenters. The van der Waals surface area contributed by atoms with Gasteiger partial charge in [-0.3, -0.25) is 10.1 Å². The van der Waals surface area contributed by atoms with Gasteiger partial charge in [0, 0.05) is 29.7 Å². The summed E-state index contributed by atoms with van der Waals surface area (Å²) >= 11 is 3.32. The molecule has 106 valence electrons. The average molecular weight is 331 g/mol. The molecule has 6 heteroatoms. The minimum Gasteiger partial charge on any atom is -0.389 e. The molecule has 0 saturated heterocycles. The van der Waals surface area contributed by atoms with Crippen molar-refractivity contribution in [2.24, 2.45) is 0 Å². The molecule has 5 nitrogen and oxygen atoms in total. The second kappa shape index (κ2) is 6.98. The molecule has 0 radical (unpaired) electrons. The number of aliphatic hydroxyl groups is 1. The Morgan fingerprint density at radius 3 is 2.53 bits per heavy atom. The van der Waals surface area contributed by atoms with E-state index in [1.165, 1.54) is 12.1 Å². The van der Waals surface area contributed by atoms with E-state index in [0.717, 1.165) is 5.56 Å². The summed E-state index contributed by atoms with van der Waals surface area (Å²) in [6.45, 7) is 4.96. The van der Waals surface area contributed by atoms with Crippen LogP contribution < -0.4 is 5.32 Å². The van der Waals surface area contributed by atoms with Crippen LogP contribution in [0.3, 0.4) is 0 Å². The highest BCUT2D eigenvalue weighted by Crippen LogP contribution is 2.23. The highest BCUT2D eigenvalue weighted by atomic mass is 79.9. The second-order valence-electron chi connectivity index (χ2n) is 4.57. The summed E-state index contributed by atoms with van der Waals surface area (Å²) in [6.07, 6.45) is 1.38. The number of nitrogens with one attached hydrogen (secondary N) is 1. The van der Waals surface area contributed by atoms with Crippen molar-refractivity contribution in [1.82, 2.24) is 5.32 Å². The molecule has 1 aromatic carbocycles. The van der Waals surface area contributed by atoms with E-state index in [1.807, 2.05) is 13.8 Å². The third kappa shape index (κ3) is 4.56. The number of non-ortho nitro benzene ring substituents is 1. The van der Waals surface area contributed by atoms with Gasteiger partial charge in [0.2, 0.25) is 0 Å². The molecule has 1 rings (SSSR count). The second-order valence-corrected chi connectivity index (χ2v) is 5.42. The van der Waals surface area contributed by atoms with Crippen LogP contribution >= 0.6 is 15.9 Å². The van der Waals surface area contributed by atoms with Gasteiger partial charge in [0.05, 0.1) is 10.5 Å². The maximum absolute atomic E-state index is 10.6. The zero-order chi connectivity index (χ0) is 14.5. The van der Waals surface area contributed by atoms with Crippen LogP contribution in [0.2, 0.25) is 0 Å². The van der Waals surface area contributed by atoms with Gasteiger partial charge < -0.3 is 10.4 Å². The summed E-state index contributed by atoms with van der Waals surface area (Å²) in [6, 6.07) is 4.68. The van der Waals surface area contributed by atoms with Crippen LogP contribution in [-0.4, -0.2) is 22.2 Å². The van der Waals surface area contributed by atoms with Gasteiger partial charge in [0.1, 0.15) is 0 Å². The standard InChI is InChI=1S/C13H19BrN2O3/c1-3-13(17,4-2)9-15-8-10-5-6-11(16(18)19)7-12(10)14/h5-7,15,17H,3-4,8-9H2,1-2H3. The number of benzene rings is 1. The fourth-order valence-electron chi connectivity index (χ4n) is 1.72. The fraction of sp³-hybridized carbons (Fsp3) is 0.538. The maximum Gasteiger partial charge on any atom is 0.270 e. The maximum atomic E-state index is 10.6. The molecular weight excluding hydrogens is 312 g/mol. The summed E-state index contributed by atoms with van der Waals surface area (Å²) in [7, 11) is 0. The van der Waals surface area contributed by atoms with E-state index in [4.69, 9.17) is 0 Å². The third-order valence-corrected chi connectivity index (χ3v) is 4.07. The Kier molecular flexibility index (Phi) is 5.90. The zero-order valence-electron chi connectivity index (χ0n) is 11.1. The van der Waals surface area contributed by atoms with Gasteiger partial charge in [-0.1, -0.05) is 29.8 Å². The van der Waals surface area contributed by atoms with Gasteiger partial charge in [0.15, 0.2) is 0 Å². The summed E-state index contributed by atoms with van der Waals surface area (Å²) in [5.74, 6) is 0. The monoisotopic (exact) mass is 330 g/mol. The summed E-state index contributed by atoms with van der Waals surface area (Å²) in [5.41, 5.74) is 0.308. The molecular formula is C13H19BrN2O3. The average Bonchev–Trinajstić information content (AvgIpc) is 2.40. The van der Waals surface area contributed by atoms with Gasteiger partial charge in [-0.2, -0.15) is 0 Å². The van der Waals surface area contributed by atoms with Gasteiger partial charge in [0.25, 0.3) is 5.69 Å². The number of nitrogens with zero attached hydrogens (tertiary/aromatic N) is 1. The van der Waals surface area contributed by atoms with Crippen LogP contribution in [0.25, 0.3) is 0 Å². The topological polar surface area (TPSA) is 75.4 Å². The smallest absolute Gasteiger partial charge is 0.270 e. The van der Waals surface area contributed by atoms with Crippen molar-refractivity contribution in [3.63, 3.8) is 0 Å². The molecule has 0 aliphatic rings. The van der Waals surface area contributed by atoms with E-state index in [2.05, 4.69) is 21.2 Å². The molecule has 0 fully saturated rings. The first kappa shape index (κ1) is 16.1. The lowest BCUT2D eigenvalue weighted by Gasteiger charge is -2.25. The fourth-order valence-corrected chi connectivity index (χ4v) is 2.23. The highest BCUT2D eigenvalue weighted by Gasteiger charge is 2.21. The van der Waals surface area contributed by atoms with E-state index in [1.54, 1.807) is 6.07 Å². The molecule has 0 amide bonds. The normalized spacial score (nSPS) is 11.6. The number of nitro benzene ring substituents is 1. The Bertz CT molecular complexity index is 448. The lowest BCUT2D eigenvalue weighted by Crippen LogP contribution is -2.39. The number of hydrogen-bond donors (Lipinski definition) is 2. The van der Waals surface area contributed by atoms with Crippen LogP contribution in [0.5, 0.6) is 0 Å². The highest BCUT2D eigenvalue weighted by molar-refractivity contribution is 9.10. The van der Waals surface area contributed by atoms with Crippen molar-refractivity contribution in [3.8, 4) is 0 Å². The SMILES string of the molecule is CCC(O)(CC)CNCc1ccc([N+](=O)[O-])cc1Br. The summed E-state index contributed by atoms with van der Waals surface area (Å²) in [5, 5.41) is 23.9. The molecule has 0 aliphatic carbocycles. The molecule has 0 unspecified atom stereocenters. The van der Waals surface area contributed by atoms with Crippen molar-refractivity contribution >= 4 is 21.6 Å². The predicted octanol–water partition coefficient (Wildman–Crippen LogP) is 3.00. The number of halogens is 1. The van der Waals surface area contributed by atoms with Crippen molar-refractivity contribution < 1.29 is 10.0 Å². The Balaban J connectivity index is 2.61. The molecule has 0 bridgehead atoms. The largest absolute Gasteiger partial charge is 0.389 e. The molecule has 0 spiro atoms. The first-order valence-corrected chi connectivity index (χ1v) is 7.07. The van der Waals surface area contributed by atoms with Crippen molar-refractivity contribution in [3.05, 3.63) is 38.3 Å². The van der Waals surface area contributed by atoms with Crippen molar-refractivity contribution in [2.45, 2.75) is 38.8 Å². The number of hydrogen-bond acceptors (Lipinski definition) is 4. The van der Waals surface area contributed by atoms with Gasteiger partial charge in [-0.15, -0.1) is 0 Å². The molecule has 0 aliphatic heterocycles.